The first-order valence-electron chi connectivity index (χ1n) is 8.47. The molecular weight excluding hydrogens is 390 g/mol. The molecule has 1 aliphatic heterocycles. The minimum absolute atomic E-state index is 0.174. The lowest BCUT2D eigenvalue weighted by Crippen LogP contribution is -2.48. The molecule has 3 aromatic heterocycles. The molecule has 0 radical (unpaired) electrons. The minimum Gasteiger partial charge on any atom is -0.419 e. The highest BCUT2D eigenvalue weighted by atomic mass is 32.2. The van der Waals surface area contributed by atoms with Crippen LogP contribution >= 0.6 is 11.3 Å². The van der Waals surface area contributed by atoms with E-state index in [0.717, 1.165) is 4.88 Å². The quantitative estimate of drug-likeness (QED) is 0.629. The van der Waals surface area contributed by atoms with Crippen molar-refractivity contribution in [1.29, 1.82) is 0 Å². The third-order valence-electron chi connectivity index (χ3n) is 4.45. The maximum Gasteiger partial charge on any atom is 0.257 e. The Hall–Kier alpha value is -2.08. The fourth-order valence-electron chi connectivity index (χ4n) is 3.11. The fourth-order valence-corrected chi connectivity index (χ4v) is 5.47. The summed E-state index contributed by atoms with van der Waals surface area (Å²) < 4.78 is 37.9. The molecule has 0 atom stereocenters. The molecule has 144 valence electrons. The van der Waals surface area contributed by atoms with Crippen LogP contribution in [0.15, 0.2) is 31.3 Å². The van der Waals surface area contributed by atoms with Gasteiger partial charge in [-0.15, -0.1) is 21.5 Å². The second-order valence-corrected chi connectivity index (χ2v) is 9.13. The summed E-state index contributed by atoms with van der Waals surface area (Å²) in [7, 11) is -3.60. The Bertz CT molecular complexity index is 998. The number of hydrogen-bond donors (Lipinski definition) is 0. The molecule has 0 N–H and O–H groups in total. The Morgan fingerprint density at radius 2 is 1.96 bits per heavy atom. The Kier molecular flexibility index (Phi) is 4.84. The summed E-state index contributed by atoms with van der Waals surface area (Å²) in [5, 5.41) is 13.9. The van der Waals surface area contributed by atoms with E-state index in [0.29, 0.717) is 56.0 Å². The summed E-state index contributed by atoms with van der Waals surface area (Å²) in [5.74, 6) is 1.36. The van der Waals surface area contributed by atoms with Gasteiger partial charge in [-0.1, -0.05) is 11.2 Å². The van der Waals surface area contributed by atoms with Crippen LogP contribution in [0.3, 0.4) is 0 Å². The monoisotopic (exact) mass is 409 g/mol. The molecule has 4 rings (SSSR count). The summed E-state index contributed by atoms with van der Waals surface area (Å²) in [6.07, 6.45) is 0. The molecule has 0 saturated carbocycles. The Morgan fingerprint density at radius 1 is 1.19 bits per heavy atom. The van der Waals surface area contributed by atoms with E-state index in [4.69, 9.17) is 8.94 Å². The third kappa shape index (κ3) is 3.55. The molecular formula is C16H19N5O4S2. The molecule has 1 fully saturated rings. The zero-order valence-corrected chi connectivity index (χ0v) is 16.6. The highest BCUT2D eigenvalue weighted by Gasteiger charge is 2.33. The average molecular weight is 409 g/mol. The van der Waals surface area contributed by atoms with Crippen LogP contribution in [0, 0.1) is 13.8 Å². The maximum atomic E-state index is 12.9. The van der Waals surface area contributed by atoms with Gasteiger partial charge in [0.25, 0.3) is 5.89 Å². The standard InChI is InChI=1S/C16H19N5O4S2/c1-11-15(12(2)25-19-11)27(22,23)21-7-5-20(6-8-21)10-14-17-18-16(24-14)13-4-3-9-26-13/h3-4,9H,5-8,10H2,1-2H3. The van der Waals surface area contributed by atoms with E-state index in [1.54, 1.807) is 25.2 Å². The molecule has 0 bridgehead atoms. The van der Waals surface area contributed by atoms with Gasteiger partial charge in [-0.2, -0.15) is 4.31 Å². The molecule has 0 aliphatic carbocycles. The highest BCUT2D eigenvalue weighted by molar-refractivity contribution is 7.89. The molecule has 0 spiro atoms. The van der Waals surface area contributed by atoms with Crippen molar-refractivity contribution < 1.29 is 17.4 Å². The summed E-state index contributed by atoms with van der Waals surface area (Å²) in [6.45, 7) is 5.69. The van der Waals surface area contributed by atoms with E-state index in [-0.39, 0.29) is 4.90 Å². The van der Waals surface area contributed by atoms with Crippen molar-refractivity contribution >= 4 is 21.4 Å². The highest BCUT2D eigenvalue weighted by Crippen LogP contribution is 2.25. The molecule has 9 nitrogen and oxygen atoms in total. The number of rotatable bonds is 5. The van der Waals surface area contributed by atoms with Gasteiger partial charge in [0.15, 0.2) is 5.76 Å². The fraction of sp³-hybridized carbons (Fsp3) is 0.438. The first-order valence-corrected chi connectivity index (χ1v) is 10.8. The molecule has 27 heavy (non-hydrogen) atoms. The number of aryl methyl sites for hydroxylation is 2. The lowest BCUT2D eigenvalue weighted by molar-refractivity contribution is 0.168. The number of nitrogens with zero attached hydrogens (tertiary/aromatic N) is 5. The van der Waals surface area contributed by atoms with Crippen molar-refractivity contribution in [3.05, 3.63) is 34.9 Å². The van der Waals surface area contributed by atoms with E-state index >= 15 is 0 Å². The maximum absolute atomic E-state index is 12.9. The number of aromatic nitrogens is 3. The molecule has 0 aromatic carbocycles. The normalized spacial score (nSPS) is 16.8. The van der Waals surface area contributed by atoms with E-state index in [1.807, 2.05) is 17.5 Å². The minimum atomic E-state index is -3.60. The van der Waals surface area contributed by atoms with Gasteiger partial charge in [0.1, 0.15) is 10.6 Å². The van der Waals surface area contributed by atoms with Crippen LogP contribution in [0.4, 0.5) is 0 Å². The van der Waals surface area contributed by atoms with Crippen LogP contribution < -0.4 is 0 Å². The number of hydrogen-bond acceptors (Lipinski definition) is 9. The van der Waals surface area contributed by atoms with Gasteiger partial charge >= 0.3 is 0 Å². The van der Waals surface area contributed by atoms with Crippen molar-refractivity contribution in [3.63, 3.8) is 0 Å². The van der Waals surface area contributed by atoms with E-state index in [2.05, 4.69) is 20.3 Å². The van der Waals surface area contributed by atoms with Gasteiger partial charge in [0.2, 0.25) is 15.9 Å². The van der Waals surface area contributed by atoms with Gasteiger partial charge in [0, 0.05) is 26.2 Å². The molecule has 1 aliphatic rings. The van der Waals surface area contributed by atoms with Crippen LogP contribution in [0.2, 0.25) is 0 Å². The molecule has 4 heterocycles. The molecule has 11 heteroatoms. The smallest absolute Gasteiger partial charge is 0.257 e. The van der Waals surface area contributed by atoms with Crippen LogP contribution in [-0.2, 0) is 16.6 Å². The van der Waals surface area contributed by atoms with Crippen molar-refractivity contribution in [3.8, 4) is 10.8 Å². The predicted octanol–water partition coefficient (Wildman–Crippen LogP) is 1.91. The van der Waals surface area contributed by atoms with Crippen LogP contribution in [0.1, 0.15) is 17.3 Å². The summed E-state index contributed by atoms with van der Waals surface area (Å²) in [4.78, 5) is 3.21. The summed E-state index contributed by atoms with van der Waals surface area (Å²) in [5.41, 5.74) is 0.391. The number of sulfonamides is 1. The largest absolute Gasteiger partial charge is 0.419 e. The molecule has 3 aromatic rings. The van der Waals surface area contributed by atoms with Crippen molar-refractivity contribution in [2.24, 2.45) is 0 Å². The van der Waals surface area contributed by atoms with Crippen molar-refractivity contribution in [1.82, 2.24) is 24.6 Å². The number of thiophene rings is 1. The lowest BCUT2D eigenvalue weighted by atomic mass is 10.3. The predicted molar refractivity (Wildman–Crippen MR) is 97.6 cm³/mol. The van der Waals surface area contributed by atoms with Gasteiger partial charge in [-0.3, -0.25) is 4.90 Å². The lowest BCUT2D eigenvalue weighted by Gasteiger charge is -2.33. The first kappa shape index (κ1) is 18.3. The summed E-state index contributed by atoms with van der Waals surface area (Å²) in [6, 6.07) is 3.86. The molecule has 0 amide bonds. The first-order chi connectivity index (χ1) is 12.9. The van der Waals surface area contributed by atoms with Crippen LogP contribution in [-0.4, -0.2) is 59.2 Å². The van der Waals surface area contributed by atoms with E-state index in [1.165, 1.54) is 4.31 Å². The van der Waals surface area contributed by atoms with Crippen LogP contribution in [0.5, 0.6) is 0 Å². The number of piperazine rings is 1. The third-order valence-corrected chi connectivity index (χ3v) is 7.46. The van der Waals surface area contributed by atoms with Crippen molar-refractivity contribution in [2.75, 3.05) is 26.2 Å². The van der Waals surface area contributed by atoms with Gasteiger partial charge in [0.05, 0.1) is 11.4 Å². The van der Waals surface area contributed by atoms with Crippen LogP contribution in [0.25, 0.3) is 10.8 Å². The zero-order valence-electron chi connectivity index (χ0n) is 15.0. The Morgan fingerprint density at radius 3 is 2.59 bits per heavy atom. The summed E-state index contributed by atoms with van der Waals surface area (Å²) >= 11 is 1.54. The molecule has 1 saturated heterocycles. The second kappa shape index (κ2) is 7.15. The van der Waals surface area contributed by atoms with Gasteiger partial charge in [-0.25, -0.2) is 8.42 Å². The van der Waals surface area contributed by atoms with Gasteiger partial charge in [-0.05, 0) is 25.3 Å². The van der Waals surface area contributed by atoms with Crippen molar-refractivity contribution in [2.45, 2.75) is 25.3 Å². The average Bonchev–Trinajstić information content (AvgIpc) is 3.37. The van der Waals surface area contributed by atoms with E-state index < -0.39 is 10.0 Å². The molecule has 0 unspecified atom stereocenters. The van der Waals surface area contributed by atoms with E-state index in [9.17, 15) is 8.42 Å². The Labute approximate surface area is 160 Å². The van der Waals surface area contributed by atoms with Gasteiger partial charge < -0.3 is 8.94 Å². The zero-order chi connectivity index (χ0) is 19.0. The second-order valence-electron chi connectivity index (χ2n) is 6.31. The Balaban J connectivity index is 1.39. The SMILES string of the molecule is Cc1noc(C)c1S(=O)(=O)N1CCN(Cc2nnc(-c3cccs3)o2)CC1. The topological polar surface area (TPSA) is 106 Å².